The molecule has 0 spiro atoms. The molecule has 9 heteroatoms. The van der Waals surface area contributed by atoms with Crippen LogP contribution >= 0.6 is 0 Å². The second-order valence-electron chi connectivity index (χ2n) is 10.1. The van der Waals surface area contributed by atoms with Gasteiger partial charge in [0.15, 0.2) is 0 Å². The van der Waals surface area contributed by atoms with E-state index >= 15 is 0 Å². The predicted octanol–water partition coefficient (Wildman–Crippen LogP) is 4.88. The van der Waals surface area contributed by atoms with Gasteiger partial charge in [0.2, 0.25) is 0 Å². The van der Waals surface area contributed by atoms with Gasteiger partial charge in [-0.3, -0.25) is 4.79 Å². The first-order chi connectivity index (χ1) is 19.3. The SMILES string of the molecule is Cc1c(N[C@H](CO)c2ccccc2)cccc1C(NC(=O)c1cncnc1)Nc1ccc2c(c1)C(C)(C)OC2=O. The summed E-state index contributed by atoms with van der Waals surface area (Å²) in [5.41, 5.74) is 5.03. The average Bonchev–Trinajstić information content (AvgIpc) is 3.20. The number of aromatic nitrogens is 2. The van der Waals surface area contributed by atoms with E-state index < -0.39 is 11.8 Å². The maximum Gasteiger partial charge on any atom is 0.339 e. The van der Waals surface area contributed by atoms with Crippen LogP contribution in [0, 0.1) is 6.92 Å². The minimum absolute atomic E-state index is 0.0915. The van der Waals surface area contributed by atoms with Crippen molar-refractivity contribution in [2.45, 2.75) is 38.6 Å². The summed E-state index contributed by atoms with van der Waals surface area (Å²) in [6.45, 7) is 5.56. The molecule has 40 heavy (non-hydrogen) atoms. The summed E-state index contributed by atoms with van der Waals surface area (Å²) in [6.07, 6.45) is 3.62. The van der Waals surface area contributed by atoms with E-state index in [0.29, 0.717) is 16.8 Å². The number of anilines is 2. The zero-order valence-corrected chi connectivity index (χ0v) is 22.5. The van der Waals surface area contributed by atoms with Crippen LogP contribution in [0.4, 0.5) is 11.4 Å². The number of nitrogens with zero attached hydrogens (tertiary/aromatic N) is 2. The number of cyclic esters (lactones) is 1. The molecule has 0 fully saturated rings. The first-order valence-corrected chi connectivity index (χ1v) is 13.0. The molecule has 1 aliphatic rings. The highest BCUT2D eigenvalue weighted by Gasteiger charge is 2.38. The van der Waals surface area contributed by atoms with Crippen molar-refractivity contribution in [2.24, 2.45) is 0 Å². The molecule has 0 bridgehead atoms. The second kappa shape index (κ2) is 11.2. The summed E-state index contributed by atoms with van der Waals surface area (Å²) in [5, 5.41) is 20.0. The molecule has 0 aliphatic carbocycles. The lowest BCUT2D eigenvalue weighted by atomic mass is 9.95. The lowest BCUT2D eigenvalue weighted by molar-refractivity contribution is 0.00953. The van der Waals surface area contributed by atoms with E-state index in [0.717, 1.165) is 27.9 Å². The van der Waals surface area contributed by atoms with E-state index in [1.807, 2.05) is 75.4 Å². The molecule has 0 saturated carbocycles. The van der Waals surface area contributed by atoms with Crippen LogP contribution in [-0.4, -0.2) is 33.6 Å². The predicted molar refractivity (Wildman–Crippen MR) is 152 cm³/mol. The van der Waals surface area contributed by atoms with Gasteiger partial charge in [-0.05, 0) is 61.7 Å². The minimum Gasteiger partial charge on any atom is -0.451 e. The zero-order chi connectivity index (χ0) is 28.3. The van der Waals surface area contributed by atoms with Crippen LogP contribution in [0.5, 0.6) is 0 Å². The van der Waals surface area contributed by atoms with E-state index in [-0.39, 0.29) is 24.5 Å². The van der Waals surface area contributed by atoms with E-state index in [4.69, 9.17) is 4.74 Å². The normalized spacial score (nSPS) is 14.9. The van der Waals surface area contributed by atoms with Crippen molar-refractivity contribution in [3.63, 3.8) is 0 Å². The van der Waals surface area contributed by atoms with E-state index in [1.165, 1.54) is 18.7 Å². The van der Waals surface area contributed by atoms with Crippen LogP contribution in [0.3, 0.4) is 0 Å². The molecule has 1 unspecified atom stereocenters. The molecule has 2 heterocycles. The maximum absolute atomic E-state index is 13.2. The molecule has 204 valence electrons. The quantitative estimate of drug-likeness (QED) is 0.176. The first kappa shape index (κ1) is 26.8. The zero-order valence-electron chi connectivity index (χ0n) is 22.5. The lowest BCUT2D eigenvalue weighted by Gasteiger charge is -2.27. The van der Waals surface area contributed by atoms with Crippen molar-refractivity contribution in [3.05, 3.63) is 119 Å². The number of aliphatic hydroxyl groups is 1. The van der Waals surface area contributed by atoms with Crippen LogP contribution in [-0.2, 0) is 10.3 Å². The summed E-state index contributed by atoms with van der Waals surface area (Å²) >= 11 is 0. The first-order valence-electron chi connectivity index (χ1n) is 13.0. The molecule has 0 radical (unpaired) electrons. The van der Waals surface area contributed by atoms with Crippen LogP contribution in [0.1, 0.15) is 69.0 Å². The summed E-state index contributed by atoms with van der Waals surface area (Å²) in [7, 11) is 0. The Kier molecular flexibility index (Phi) is 7.48. The highest BCUT2D eigenvalue weighted by Crippen LogP contribution is 2.38. The number of hydrogen-bond donors (Lipinski definition) is 4. The van der Waals surface area contributed by atoms with Crippen LogP contribution in [0.15, 0.2) is 85.5 Å². The third-order valence-corrected chi connectivity index (χ3v) is 7.05. The van der Waals surface area contributed by atoms with Crippen molar-refractivity contribution in [2.75, 3.05) is 17.2 Å². The minimum atomic E-state index is -0.763. The summed E-state index contributed by atoms with van der Waals surface area (Å²) in [4.78, 5) is 33.4. The number of carbonyl (C=O) groups excluding carboxylic acids is 2. The largest absolute Gasteiger partial charge is 0.451 e. The topological polar surface area (TPSA) is 125 Å². The number of carbonyl (C=O) groups is 2. The highest BCUT2D eigenvalue weighted by molar-refractivity contribution is 5.95. The van der Waals surface area contributed by atoms with Crippen LogP contribution < -0.4 is 16.0 Å². The van der Waals surface area contributed by atoms with Crippen molar-refractivity contribution >= 4 is 23.3 Å². The van der Waals surface area contributed by atoms with Gasteiger partial charge in [-0.25, -0.2) is 14.8 Å². The molecule has 2 atom stereocenters. The highest BCUT2D eigenvalue weighted by atomic mass is 16.6. The number of esters is 1. The van der Waals surface area contributed by atoms with Gasteiger partial charge in [0.25, 0.3) is 5.91 Å². The summed E-state index contributed by atoms with van der Waals surface area (Å²) in [6, 6.07) is 20.6. The molecule has 3 aromatic carbocycles. The van der Waals surface area contributed by atoms with Gasteiger partial charge in [-0.1, -0.05) is 42.5 Å². The average molecular weight is 538 g/mol. The van der Waals surface area contributed by atoms with Crippen LogP contribution in [0.25, 0.3) is 0 Å². The number of hydrogen-bond acceptors (Lipinski definition) is 8. The monoisotopic (exact) mass is 537 g/mol. The molecule has 0 saturated heterocycles. The molecule has 1 aromatic heterocycles. The third kappa shape index (κ3) is 5.50. The second-order valence-corrected chi connectivity index (χ2v) is 10.1. The Morgan fingerprint density at radius 1 is 1.00 bits per heavy atom. The number of aliphatic hydroxyl groups excluding tert-OH is 1. The molecule has 1 amide bonds. The molecule has 4 N–H and O–H groups in total. The fourth-order valence-corrected chi connectivity index (χ4v) is 4.87. The number of ether oxygens (including phenoxy) is 1. The fourth-order valence-electron chi connectivity index (χ4n) is 4.87. The smallest absolute Gasteiger partial charge is 0.339 e. The molecule has 4 aromatic rings. The molecular formula is C31H31N5O4. The Hall–Kier alpha value is -4.76. The molecule has 9 nitrogen and oxygen atoms in total. The third-order valence-electron chi connectivity index (χ3n) is 7.05. The standard InChI is InChI=1S/C31H31N5O4/c1-19-23(10-7-11-26(19)35-27(17-37)20-8-5-4-6-9-20)28(36-29(38)21-15-32-18-33-16-21)34-22-12-13-24-25(14-22)31(2,3)40-30(24)39/h4-16,18,27-28,34-35,37H,17H2,1-3H3,(H,36,38)/t27-,28?/m1/s1. The van der Waals surface area contributed by atoms with Gasteiger partial charge >= 0.3 is 5.97 Å². The fraction of sp³-hybridized carbons (Fsp3) is 0.226. The maximum atomic E-state index is 13.2. The van der Waals surface area contributed by atoms with E-state index in [2.05, 4.69) is 25.9 Å². The molecule has 5 rings (SSSR count). The summed E-state index contributed by atoms with van der Waals surface area (Å²) in [5.74, 6) is -0.708. The Morgan fingerprint density at radius 2 is 1.75 bits per heavy atom. The number of nitrogens with one attached hydrogen (secondary N) is 3. The Labute approximate surface area is 232 Å². The number of fused-ring (bicyclic) bond motifs is 1. The molecule has 1 aliphatic heterocycles. The Balaban J connectivity index is 1.49. The van der Waals surface area contributed by atoms with Crippen molar-refractivity contribution in [1.29, 1.82) is 0 Å². The van der Waals surface area contributed by atoms with E-state index in [1.54, 1.807) is 12.1 Å². The van der Waals surface area contributed by atoms with Gasteiger partial charge in [0.1, 0.15) is 18.1 Å². The summed E-state index contributed by atoms with van der Waals surface area (Å²) < 4.78 is 5.53. The Bertz CT molecular complexity index is 1530. The van der Waals surface area contributed by atoms with Gasteiger partial charge in [-0.15, -0.1) is 0 Å². The van der Waals surface area contributed by atoms with Crippen molar-refractivity contribution in [1.82, 2.24) is 15.3 Å². The molecular weight excluding hydrogens is 506 g/mol. The Morgan fingerprint density at radius 3 is 2.48 bits per heavy atom. The van der Waals surface area contributed by atoms with Gasteiger partial charge in [0, 0.05) is 29.3 Å². The van der Waals surface area contributed by atoms with Gasteiger partial charge < -0.3 is 25.8 Å². The van der Waals surface area contributed by atoms with Crippen molar-refractivity contribution in [3.8, 4) is 0 Å². The number of benzene rings is 3. The van der Waals surface area contributed by atoms with Gasteiger partial charge in [0.05, 0.1) is 23.8 Å². The number of amides is 1. The van der Waals surface area contributed by atoms with E-state index in [9.17, 15) is 14.7 Å². The lowest BCUT2D eigenvalue weighted by Crippen LogP contribution is -2.34. The van der Waals surface area contributed by atoms with Crippen molar-refractivity contribution < 1.29 is 19.4 Å². The number of rotatable bonds is 9. The van der Waals surface area contributed by atoms with Crippen LogP contribution in [0.2, 0.25) is 0 Å². The van der Waals surface area contributed by atoms with Gasteiger partial charge in [-0.2, -0.15) is 0 Å².